The molecule has 2 amide bonds. The van der Waals surface area contributed by atoms with E-state index in [1.807, 2.05) is 115 Å². The Labute approximate surface area is 439 Å². The van der Waals surface area contributed by atoms with E-state index in [9.17, 15) is 9.59 Å². The predicted octanol–water partition coefficient (Wildman–Crippen LogP) is 6.76. The number of hydrogen-bond donors (Lipinski definition) is 2. The van der Waals surface area contributed by atoms with E-state index < -0.39 is 12.1 Å². The molecule has 0 saturated carbocycles. The number of carbonyl (C=O) groups excluding carboxylic acids is 2. The zero-order chi connectivity index (χ0) is 51.8. The first-order chi connectivity index (χ1) is 36.1. The molecule has 390 valence electrons. The van der Waals surface area contributed by atoms with Gasteiger partial charge in [0.05, 0.1) is 109 Å². The number of methoxy groups -OCH3 is 1. The first-order valence-corrected chi connectivity index (χ1v) is 25.3. The molecule has 2 atom stereocenters. The Bertz CT molecular complexity index is 2910. The third-order valence-corrected chi connectivity index (χ3v) is 12.5. The number of rotatable bonds is 27. The minimum absolute atomic E-state index is 0.0556. The summed E-state index contributed by atoms with van der Waals surface area (Å²) in [6, 6.07) is 25.3. The van der Waals surface area contributed by atoms with Gasteiger partial charge in [-0.2, -0.15) is 0 Å². The Morgan fingerprint density at radius 1 is 0.541 bits per heavy atom. The van der Waals surface area contributed by atoms with Crippen LogP contribution in [0.25, 0.3) is 11.4 Å². The fourth-order valence-corrected chi connectivity index (χ4v) is 8.72. The number of aromatic nitrogens is 6. The number of benzene rings is 4. The minimum atomic E-state index is -0.609. The van der Waals surface area contributed by atoms with E-state index >= 15 is 0 Å². The SMILES string of the molecule is CCNC(=O)C[C@@H]1N=C(c2ccc(Cl)cc2)c2cc(OCCOCCOCCOCCOCCOCCNC(=O)C[C@@H]3N=C(c4ccc(Cl)cc4)c4cc(OC)ccc4-n4c(C)nnc43)ccc2-n2c(C)nnc21. The first-order valence-electron chi connectivity index (χ1n) is 24.5. The lowest BCUT2D eigenvalue weighted by molar-refractivity contribution is -0.122. The molecule has 0 fully saturated rings. The van der Waals surface area contributed by atoms with Crippen molar-refractivity contribution in [3.05, 3.63) is 141 Å². The summed E-state index contributed by atoms with van der Waals surface area (Å²) >= 11 is 12.5. The lowest BCUT2D eigenvalue weighted by atomic mass is 10.00. The molecule has 0 bridgehead atoms. The fourth-order valence-electron chi connectivity index (χ4n) is 8.47. The Morgan fingerprint density at radius 3 is 1.42 bits per heavy atom. The van der Waals surface area contributed by atoms with E-state index in [2.05, 4.69) is 31.0 Å². The number of nitrogens with zero attached hydrogens (tertiary/aromatic N) is 8. The number of aryl methyl sites for hydroxylation is 2. The van der Waals surface area contributed by atoms with Crippen LogP contribution in [0.15, 0.2) is 94.9 Å². The molecule has 2 aliphatic heterocycles. The van der Waals surface area contributed by atoms with E-state index in [4.69, 9.17) is 66.3 Å². The number of carbonyl (C=O) groups is 2. The van der Waals surface area contributed by atoms with E-state index in [0.29, 0.717) is 142 Å². The van der Waals surface area contributed by atoms with Crippen molar-refractivity contribution in [1.29, 1.82) is 0 Å². The maximum Gasteiger partial charge on any atom is 0.222 e. The van der Waals surface area contributed by atoms with Crippen LogP contribution in [0.3, 0.4) is 0 Å². The van der Waals surface area contributed by atoms with Crippen molar-refractivity contribution in [3.8, 4) is 22.9 Å². The Morgan fingerprint density at radius 2 is 0.959 bits per heavy atom. The van der Waals surface area contributed by atoms with Crippen molar-refractivity contribution in [2.45, 2.75) is 45.7 Å². The number of aliphatic imine (C=N–C) groups is 2. The second kappa shape index (κ2) is 26.6. The molecule has 2 aromatic heterocycles. The van der Waals surface area contributed by atoms with Gasteiger partial charge in [-0.05, 0) is 81.4 Å². The molecule has 0 spiro atoms. The Hall–Kier alpha value is -6.58. The van der Waals surface area contributed by atoms with Gasteiger partial charge >= 0.3 is 0 Å². The van der Waals surface area contributed by atoms with Gasteiger partial charge in [-0.25, -0.2) is 0 Å². The van der Waals surface area contributed by atoms with Gasteiger partial charge in [-0.1, -0.05) is 47.5 Å². The highest BCUT2D eigenvalue weighted by molar-refractivity contribution is 6.31. The molecule has 6 aromatic rings. The molecule has 2 N–H and O–H groups in total. The van der Waals surface area contributed by atoms with Crippen molar-refractivity contribution in [3.63, 3.8) is 0 Å². The van der Waals surface area contributed by atoms with Gasteiger partial charge in [-0.15, -0.1) is 20.4 Å². The zero-order valence-corrected chi connectivity index (χ0v) is 43.4. The highest BCUT2D eigenvalue weighted by Crippen LogP contribution is 2.36. The molecule has 19 nitrogen and oxygen atoms in total. The largest absolute Gasteiger partial charge is 0.497 e. The molecule has 0 unspecified atom stereocenters. The van der Waals surface area contributed by atoms with Crippen molar-refractivity contribution in [2.75, 3.05) is 92.9 Å². The van der Waals surface area contributed by atoms with Gasteiger partial charge in [0.25, 0.3) is 0 Å². The lowest BCUT2D eigenvalue weighted by Crippen LogP contribution is -2.29. The highest BCUT2D eigenvalue weighted by atomic mass is 35.5. The van der Waals surface area contributed by atoms with Crippen LogP contribution in [0.4, 0.5) is 0 Å². The number of fused-ring (bicyclic) bond motifs is 6. The molecule has 2 aliphatic rings. The molecule has 4 aromatic carbocycles. The summed E-state index contributed by atoms with van der Waals surface area (Å²) in [4.78, 5) is 36.3. The third kappa shape index (κ3) is 13.8. The van der Waals surface area contributed by atoms with E-state index in [-0.39, 0.29) is 24.7 Å². The van der Waals surface area contributed by atoms with Crippen LogP contribution in [0.1, 0.15) is 77.4 Å². The summed E-state index contributed by atoms with van der Waals surface area (Å²) < 4.78 is 44.0. The normalized spacial score (nSPS) is 14.6. The molecular formula is C53H60Cl2N10O9. The smallest absolute Gasteiger partial charge is 0.222 e. The molecule has 0 saturated heterocycles. The third-order valence-electron chi connectivity index (χ3n) is 11.9. The van der Waals surface area contributed by atoms with Crippen molar-refractivity contribution < 1.29 is 42.7 Å². The van der Waals surface area contributed by atoms with Crippen molar-refractivity contribution in [1.82, 2.24) is 40.2 Å². The summed E-state index contributed by atoms with van der Waals surface area (Å²) in [5, 5.41) is 24.6. The zero-order valence-electron chi connectivity index (χ0n) is 41.9. The lowest BCUT2D eigenvalue weighted by Gasteiger charge is -2.15. The molecule has 4 heterocycles. The maximum absolute atomic E-state index is 13.3. The monoisotopic (exact) mass is 1050 g/mol. The van der Waals surface area contributed by atoms with Crippen LogP contribution < -0.4 is 20.1 Å². The molecule has 0 aliphatic carbocycles. The quantitative estimate of drug-likeness (QED) is 0.0512. The van der Waals surface area contributed by atoms with E-state index in [0.717, 1.165) is 33.6 Å². The summed E-state index contributed by atoms with van der Waals surface area (Å²) in [6.45, 7) is 10.7. The highest BCUT2D eigenvalue weighted by Gasteiger charge is 2.32. The van der Waals surface area contributed by atoms with Crippen LogP contribution in [0.2, 0.25) is 10.0 Å². The average molecular weight is 1050 g/mol. The second-order valence-corrected chi connectivity index (χ2v) is 17.9. The number of amides is 2. The molecule has 74 heavy (non-hydrogen) atoms. The van der Waals surface area contributed by atoms with E-state index in [1.54, 1.807) is 7.11 Å². The van der Waals surface area contributed by atoms with Crippen LogP contribution in [0, 0.1) is 13.8 Å². The van der Waals surface area contributed by atoms with E-state index in [1.165, 1.54) is 0 Å². The van der Waals surface area contributed by atoms with Gasteiger partial charge in [0.2, 0.25) is 11.8 Å². The van der Waals surface area contributed by atoms with Gasteiger partial charge < -0.3 is 43.8 Å². The Balaban J connectivity index is 0.683. The van der Waals surface area contributed by atoms with Crippen molar-refractivity contribution >= 4 is 46.4 Å². The van der Waals surface area contributed by atoms with Gasteiger partial charge in [0.15, 0.2) is 11.6 Å². The van der Waals surface area contributed by atoms with Crippen LogP contribution in [-0.2, 0) is 33.3 Å². The number of halogens is 2. The fraction of sp³-hybridized carbons (Fsp3) is 0.396. The maximum atomic E-state index is 13.3. The number of nitrogens with one attached hydrogen (secondary N) is 2. The number of ether oxygens (including phenoxy) is 7. The van der Waals surface area contributed by atoms with Gasteiger partial charge in [-0.3, -0.25) is 28.7 Å². The minimum Gasteiger partial charge on any atom is -0.497 e. The predicted molar refractivity (Wildman–Crippen MR) is 279 cm³/mol. The standard InChI is InChI=1S/C53H60Cl2N10O9/c1-5-56-48(66)32-44-52-62-61-35(3)65(52)47-17-15-41(31-43(47)51(58-44)37-8-12-39(55)13-9-37)74-29-28-73-27-26-72-25-24-71-23-22-70-21-20-69-19-18-57-49(67)33-45-53-63-60-34(2)64(53)46-16-14-40(68-4)30-42(46)50(59-45)36-6-10-38(54)11-7-36/h6-17,30-31,44-45H,5,18-29,32-33H2,1-4H3,(H,56,66)(H,57,67)/t44-,45-/m0/s1. The molecule has 0 radical (unpaired) electrons. The second-order valence-electron chi connectivity index (χ2n) is 17.1. The summed E-state index contributed by atoms with van der Waals surface area (Å²) in [7, 11) is 1.62. The van der Waals surface area contributed by atoms with Gasteiger partial charge in [0.1, 0.15) is 41.8 Å². The Kier molecular flexibility index (Phi) is 19.3. The summed E-state index contributed by atoms with van der Waals surface area (Å²) in [6.07, 6.45) is 0.171. The van der Waals surface area contributed by atoms with Crippen LogP contribution in [0.5, 0.6) is 11.5 Å². The summed E-state index contributed by atoms with van der Waals surface area (Å²) in [5.74, 6) is 3.50. The van der Waals surface area contributed by atoms with Crippen LogP contribution >= 0.6 is 23.2 Å². The van der Waals surface area contributed by atoms with Crippen molar-refractivity contribution in [2.24, 2.45) is 9.98 Å². The molecule has 8 rings (SSSR count). The molecular weight excluding hydrogens is 992 g/mol. The molecule has 21 heteroatoms. The van der Waals surface area contributed by atoms with Gasteiger partial charge in [0, 0.05) is 45.4 Å². The average Bonchev–Trinajstić information content (AvgIpc) is 3.91. The topological polar surface area (TPSA) is 209 Å². The van der Waals surface area contributed by atoms with Crippen LogP contribution in [-0.4, -0.2) is 146 Å². The number of hydrogen-bond acceptors (Lipinski definition) is 15. The summed E-state index contributed by atoms with van der Waals surface area (Å²) in [5.41, 5.74) is 6.37. The first kappa shape index (κ1) is 53.7.